The monoisotopic (exact) mass is 750 g/mol. The molecule has 0 atom stereocenters. The molecule has 20 heteroatoms. The Kier molecular flexibility index (Phi) is 8.74. The van der Waals surface area contributed by atoms with E-state index in [2.05, 4.69) is 0 Å². The molecule has 52 heavy (non-hydrogen) atoms. The van der Waals surface area contributed by atoms with Gasteiger partial charge in [-0.05, 0) is 35.2 Å². The van der Waals surface area contributed by atoms with E-state index in [1.165, 1.54) is 6.07 Å². The number of nitrogens with zero attached hydrogens (tertiary/aromatic N) is 2. The summed E-state index contributed by atoms with van der Waals surface area (Å²) < 4.78 is 232. The summed E-state index contributed by atoms with van der Waals surface area (Å²) in [6, 6.07) is 7.52. The average molecular weight is 750 g/mol. The van der Waals surface area contributed by atoms with Crippen LogP contribution in [0.15, 0.2) is 60.7 Å². The van der Waals surface area contributed by atoms with Crippen molar-refractivity contribution in [2.24, 2.45) is 0 Å². The highest BCUT2D eigenvalue weighted by molar-refractivity contribution is 7.03. The van der Waals surface area contributed by atoms with E-state index in [9.17, 15) is 44.3 Å². The lowest BCUT2D eigenvalue weighted by Gasteiger charge is -2.49. The molecular formula is C32H10BF15N2O2. The fraction of sp³-hybridized carbons (Fsp3) is 0. The summed E-state index contributed by atoms with van der Waals surface area (Å²) >= 11 is 0. The lowest BCUT2D eigenvalue weighted by molar-refractivity contribution is -0.342. The van der Waals surface area contributed by atoms with E-state index in [1.807, 2.05) is 0 Å². The van der Waals surface area contributed by atoms with Crippen LogP contribution >= 0.6 is 0 Å². The van der Waals surface area contributed by atoms with Gasteiger partial charge in [0.1, 0.15) is 34.5 Å². The van der Waals surface area contributed by atoms with Gasteiger partial charge in [0.05, 0.1) is 5.69 Å². The molecule has 5 aromatic rings. The Balaban J connectivity index is 1.97. The molecule has 0 bridgehead atoms. The van der Waals surface area contributed by atoms with Crippen LogP contribution in [0.1, 0.15) is 5.56 Å². The van der Waals surface area contributed by atoms with Gasteiger partial charge in [-0.1, -0.05) is 36.4 Å². The second-order valence-corrected chi connectivity index (χ2v) is 10.7. The predicted molar refractivity (Wildman–Crippen MR) is 150 cm³/mol. The molecule has 2 amide bonds. The standard InChI is InChI=1S/C32H10BF15N2O2/c34-16-13(17(35)23(41)28(46)22(16)40)31-49(11-7-3-1-4-8-11)32(51)50(12-9-5-2-6-10-12)33(52-31,14-18(36)24(42)29(47)25(43)19(14)37)15-20(38)26(44)30(48)27(45)21(15)39/h1-10H. The first-order valence-electron chi connectivity index (χ1n) is 14.0. The molecule has 6 rings (SSSR count). The molecule has 0 aliphatic carbocycles. The van der Waals surface area contributed by atoms with Crippen LogP contribution in [-0.2, 0) is 4.65 Å². The van der Waals surface area contributed by atoms with Crippen molar-refractivity contribution >= 4 is 40.7 Å². The number of amides is 2. The van der Waals surface area contributed by atoms with Crippen molar-refractivity contribution in [3.8, 4) is 0 Å². The summed E-state index contributed by atoms with van der Waals surface area (Å²) in [4.78, 5) is 14.3. The summed E-state index contributed by atoms with van der Waals surface area (Å²) in [5.74, 6) is -46.8. The molecule has 0 spiro atoms. The van der Waals surface area contributed by atoms with E-state index in [4.69, 9.17) is 4.65 Å². The SMILES string of the molecule is O=C1N(c2ccccc2)[B-](c2c(F)c(F)c(F)c(F)c2F)(c2c(F)c(F)c(F)c(F)c2F)OC(c2c(F)c(F)c(F)c(F)c2F)=[N+]1c1ccccc1. The van der Waals surface area contributed by atoms with Crippen molar-refractivity contribution < 1.29 is 79.9 Å². The molecule has 0 fully saturated rings. The highest BCUT2D eigenvalue weighted by Crippen LogP contribution is 2.37. The average Bonchev–Trinajstić information content (AvgIpc) is 3.14. The van der Waals surface area contributed by atoms with E-state index in [1.54, 1.807) is 0 Å². The second kappa shape index (κ2) is 12.7. The summed E-state index contributed by atoms with van der Waals surface area (Å²) in [7, 11) is 0. The predicted octanol–water partition coefficient (Wildman–Crippen LogP) is 7.78. The highest BCUT2D eigenvalue weighted by atomic mass is 19.2. The quantitative estimate of drug-likeness (QED) is 0.0605. The number of hydrogen-bond donors (Lipinski definition) is 0. The zero-order chi connectivity index (χ0) is 38.1. The van der Waals surface area contributed by atoms with Crippen molar-refractivity contribution in [3.05, 3.63) is 153 Å². The zero-order valence-corrected chi connectivity index (χ0v) is 24.7. The summed E-state index contributed by atoms with van der Waals surface area (Å²) in [5, 5.41) is 0. The van der Waals surface area contributed by atoms with Crippen molar-refractivity contribution in [3.63, 3.8) is 0 Å². The van der Waals surface area contributed by atoms with Crippen LogP contribution in [0.2, 0.25) is 0 Å². The van der Waals surface area contributed by atoms with Crippen molar-refractivity contribution in [2.75, 3.05) is 4.81 Å². The first-order chi connectivity index (χ1) is 24.5. The maximum absolute atomic E-state index is 16.0. The minimum atomic E-state index is -5.94. The molecule has 1 aliphatic rings. The second-order valence-electron chi connectivity index (χ2n) is 10.7. The largest absolute Gasteiger partial charge is 0.640 e. The normalized spacial score (nSPS) is 14.3. The van der Waals surface area contributed by atoms with Gasteiger partial charge in [0.25, 0.3) is 5.90 Å². The number of anilines is 1. The molecule has 5 aromatic carbocycles. The summed E-state index contributed by atoms with van der Waals surface area (Å²) in [5.41, 5.74) is -9.39. The molecule has 268 valence electrons. The topological polar surface area (TPSA) is 32.6 Å². The Bertz CT molecular complexity index is 2220. The number of urea groups is 1. The lowest BCUT2D eigenvalue weighted by Crippen LogP contribution is -2.80. The van der Waals surface area contributed by atoms with E-state index < -0.39 is 134 Å². The molecular weight excluding hydrogens is 740 g/mol. The Labute approximate surface area is 279 Å². The molecule has 0 radical (unpaired) electrons. The number of carbonyl (C=O) groups excluding carboxylic acids is 1. The van der Waals surface area contributed by atoms with Crippen LogP contribution in [0.4, 0.5) is 82.0 Å². The van der Waals surface area contributed by atoms with Gasteiger partial charge in [-0.3, -0.25) is 0 Å². The minimum absolute atomic E-state index is 0.122. The molecule has 4 nitrogen and oxygen atoms in total. The highest BCUT2D eigenvalue weighted by Gasteiger charge is 2.62. The van der Waals surface area contributed by atoms with E-state index in [0.29, 0.717) is 0 Å². The number of rotatable bonds is 5. The Morgan fingerprint density at radius 1 is 0.442 bits per heavy atom. The third kappa shape index (κ3) is 4.90. The first kappa shape index (κ1) is 35.9. The summed E-state index contributed by atoms with van der Waals surface area (Å²) in [6.45, 7) is -5.94. The molecule has 0 aromatic heterocycles. The van der Waals surface area contributed by atoms with Gasteiger partial charge in [-0.2, -0.15) is 0 Å². The van der Waals surface area contributed by atoms with Gasteiger partial charge in [0.2, 0.25) is 5.82 Å². The molecule has 0 unspecified atom stereocenters. The maximum Gasteiger partial charge on any atom is 0.463 e. The molecule has 1 heterocycles. The van der Waals surface area contributed by atoms with Crippen LogP contribution < -0.4 is 15.7 Å². The Morgan fingerprint density at radius 3 is 1.15 bits per heavy atom. The molecule has 0 saturated heterocycles. The maximum atomic E-state index is 16.0. The van der Waals surface area contributed by atoms with Crippen LogP contribution in [0.5, 0.6) is 0 Å². The van der Waals surface area contributed by atoms with Gasteiger partial charge in [0.15, 0.2) is 58.2 Å². The number of benzene rings is 5. The van der Waals surface area contributed by atoms with Crippen LogP contribution in [-0.4, -0.2) is 23.0 Å². The van der Waals surface area contributed by atoms with Gasteiger partial charge in [-0.15, -0.1) is 4.58 Å². The van der Waals surface area contributed by atoms with Crippen LogP contribution in [0, 0.1) is 87.3 Å². The van der Waals surface area contributed by atoms with Gasteiger partial charge < -0.3 is 9.47 Å². The zero-order valence-electron chi connectivity index (χ0n) is 24.7. The van der Waals surface area contributed by atoms with E-state index in [-0.39, 0.29) is 9.39 Å². The Hall–Kier alpha value is -5.95. The third-order valence-corrected chi connectivity index (χ3v) is 7.99. The van der Waals surface area contributed by atoms with Gasteiger partial charge in [-0.25, -0.2) is 70.7 Å². The first-order valence-corrected chi connectivity index (χ1v) is 14.0. The van der Waals surface area contributed by atoms with Gasteiger partial charge in [0, 0.05) is 0 Å². The van der Waals surface area contributed by atoms with Crippen molar-refractivity contribution in [2.45, 2.75) is 0 Å². The van der Waals surface area contributed by atoms with Crippen LogP contribution in [0.3, 0.4) is 0 Å². The number of para-hydroxylation sites is 2. The smallest absolute Gasteiger partial charge is 0.463 e. The van der Waals surface area contributed by atoms with E-state index in [0.717, 1.165) is 54.6 Å². The van der Waals surface area contributed by atoms with Crippen molar-refractivity contribution in [1.82, 2.24) is 0 Å². The number of hydrogen-bond acceptors (Lipinski definition) is 2. The minimum Gasteiger partial charge on any atom is -0.640 e. The fourth-order valence-electron chi connectivity index (χ4n) is 5.75. The lowest BCUT2D eigenvalue weighted by atomic mass is 9.39. The molecule has 0 saturated carbocycles. The molecule has 0 N–H and O–H groups in total. The van der Waals surface area contributed by atoms with Gasteiger partial charge >= 0.3 is 12.5 Å². The number of carbonyl (C=O) groups is 1. The number of halogens is 15. The summed E-state index contributed by atoms with van der Waals surface area (Å²) in [6.07, 6.45) is 0. The van der Waals surface area contributed by atoms with Crippen LogP contribution in [0.25, 0.3) is 0 Å². The fourth-order valence-corrected chi connectivity index (χ4v) is 5.75. The third-order valence-electron chi connectivity index (χ3n) is 7.99. The Morgan fingerprint density at radius 2 is 0.769 bits per heavy atom. The van der Waals surface area contributed by atoms with E-state index >= 15 is 26.3 Å². The van der Waals surface area contributed by atoms with Crippen molar-refractivity contribution in [1.29, 1.82) is 0 Å². The molecule has 1 aliphatic heterocycles.